The second kappa shape index (κ2) is 8.83. The topological polar surface area (TPSA) is 75.6 Å². The number of methoxy groups -OCH3 is 1. The quantitative estimate of drug-likeness (QED) is 0.640. The number of amides is 1. The standard InChI is InChI=1S/C7H15NO2.CH2O2/c1-5(2)6(3)8-7(9)10-4;2-1-3/h5-6H,1-4H3,(H,8,9);1H,(H,2,3). The summed E-state index contributed by atoms with van der Waals surface area (Å²) in [6.07, 6.45) is -0.360. The summed E-state index contributed by atoms with van der Waals surface area (Å²) in [6, 6.07) is 0.174. The van der Waals surface area contributed by atoms with Crippen LogP contribution < -0.4 is 5.32 Å². The molecule has 0 rings (SSSR count). The lowest BCUT2D eigenvalue weighted by Crippen LogP contribution is -2.35. The van der Waals surface area contributed by atoms with Crippen molar-refractivity contribution in [2.75, 3.05) is 7.11 Å². The molecule has 1 unspecified atom stereocenters. The highest BCUT2D eigenvalue weighted by Crippen LogP contribution is 1.99. The average molecular weight is 191 g/mol. The largest absolute Gasteiger partial charge is 0.483 e. The van der Waals surface area contributed by atoms with E-state index in [1.807, 2.05) is 20.8 Å². The Morgan fingerprint density at radius 3 is 2.08 bits per heavy atom. The van der Waals surface area contributed by atoms with E-state index >= 15 is 0 Å². The van der Waals surface area contributed by atoms with Crippen LogP contribution >= 0.6 is 0 Å². The van der Waals surface area contributed by atoms with Gasteiger partial charge in [0.25, 0.3) is 6.47 Å². The molecule has 1 atom stereocenters. The lowest BCUT2D eigenvalue weighted by atomic mass is 10.1. The third kappa shape index (κ3) is 10.7. The fourth-order valence-corrected chi connectivity index (χ4v) is 0.411. The van der Waals surface area contributed by atoms with Crippen molar-refractivity contribution in [1.82, 2.24) is 5.32 Å². The highest BCUT2D eigenvalue weighted by Gasteiger charge is 2.09. The Morgan fingerprint density at radius 2 is 1.85 bits per heavy atom. The van der Waals surface area contributed by atoms with Gasteiger partial charge in [0.05, 0.1) is 7.11 Å². The molecule has 0 aromatic rings. The van der Waals surface area contributed by atoms with Crippen LogP contribution in [0.3, 0.4) is 0 Å². The maximum Gasteiger partial charge on any atom is 0.407 e. The highest BCUT2D eigenvalue weighted by atomic mass is 16.5. The van der Waals surface area contributed by atoms with E-state index in [0.717, 1.165) is 0 Å². The number of alkyl carbamates (subject to hydrolysis) is 1. The molecule has 5 nitrogen and oxygen atoms in total. The van der Waals surface area contributed by atoms with Gasteiger partial charge in [0, 0.05) is 6.04 Å². The van der Waals surface area contributed by atoms with Crippen LogP contribution in [0, 0.1) is 5.92 Å². The van der Waals surface area contributed by atoms with Gasteiger partial charge in [-0.25, -0.2) is 4.79 Å². The van der Waals surface area contributed by atoms with Gasteiger partial charge in [-0.1, -0.05) is 13.8 Å². The first-order chi connectivity index (χ1) is 5.99. The molecule has 0 radical (unpaired) electrons. The summed E-state index contributed by atoms with van der Waals surface area (Å²) in [6.45, 7) is 5.78. The Hall–Kier alpha value is -1.26. The Labute approximate surface area is 78.1 Å². The summed E-state index contributed by atoms with van der Waals surface area (Å²) < 4.78 is 4.42. The van der Waals surface area contributed by atoms with Crippen LogP contribution in [0.4, 0.5) is 4.79 Å². The maximum atomic E-state index is 10.6. The molecule has 5 heteroatoms. The fraction of sp³-hybridized carbons (Fsp3) is 0.750. The normalized spacial score (nSPS) is 10.8. The first-order valence-electron chi connectivity index (χ1n) is 3.91. The summed E-state index contributed by atoms with van der Waals surface area (Å²) in [5.41, 5.74) is 0. The molecule has 0 fully saturated rings. The number of rotatable bonds is 2. The molecule has 13 heavy (non-hydrogen) atoms. The van der Waals surface area contributed by atoms with Gasteiger partial charge in [0.15, 0.2) is 0 Å². The van der Waals surface area contributed by atoms with Crippen LogP contribution in [-0.4, -0.2) is 30.8 Å². The molecule has 0 bridgehead atoms. The maximum absolute atomic E-state index is 10.6. The SMILES string of the molecule is COC(=O)NC(C)C(C)C.O=CO. The van der Waals surface area contributed by atoms with Gasteiger partial charge >= 0.3 is 6.09 Å². The number of hydrogen-bond acceptors (Lipinski definition) is 3. The molecule has 0 aliphatic rings. The van der Waals surface area contributed by atoms with Crippen LogP contribution in [0.2, 0.25) is 0 Å². The van der Waals surface area contributed by atoms with Gasteiger partial charge in [-0.2, -0.15) is 0 Å². The zero-order valence-corrected chi connectivity index (χ0v) is 8.40. The zero-order valence-electron chi connectivity index (χ0n) is 8.40. The van der Waals surface area contributed by atoms with Crippen LogP contribution in [0.5, 0.6) is 0 Å². The predicted octanol–water partition coefficient (Wildman–Crippen LogP) is 1.09. The molecular formula is C8H17NO4. The molecule has 2 N–H and O–H groups in total. The van der Waals surface area contributed by atoms with E-state index in [4.69, 9.17) is 9.90 Å². The lowest BCUT2D eigenvalue weighted by Gasteiger charge is -2.15. The highest BCUT2D eigenvalue weighted by molar-refractivity contribution is 5.67. The number of carboxylic acid groups (broad SMARTS) is 1. The number of carbonyl (C=O) groups is 2. The van der Waals surface area contributed by atoms with E-state index in [1.165, 1.54) is 7.11 Å². The Balaban J connectivity index is 0. The first-order valence-corrected chi connectivity index (χ1v) is 3.91. The van der Waals surface area contributed by atoms with Gasteiger partial charge in [0.2, 0.25) is 0 Å². The van der Waals surface area contributed by atoms with Gasteiger partial charge in [-0.05, 0) is 12.8 Å². The number of carbonyl (C=O) groups excluding carboxylic acids is 1. The van der Waals surface area contributed by atoms with Crippen molar-refractivity contribution in [3.05, 3.63) is 0 Å². The van der Waals surface area contributed by atoms with Crippen LogP contribution in [-0.2, 0) is 9.53 Å². The van der Waals surface area contributed by atoms with Gasteiger partial charge in [-0.15, -0.1) is 0 Å². The summed E-state index contributed by atoms with van der Waals surface area (Å²) in [5.74, 6) is 0.444. The molecule has 78 valence electrons. The molecule has 0 spiro atoms. The van der Waals surface area contributed by atoms with Crippen molar-refractivity contribution >= 4 is 12.6 Å². The van der Waals surface area contributed by atoms with E-state index in [-0.39, 0.29) is 18.6 Å². The van der Waals surface area contributed by atoms with Crippen LogP contribution in [0.15, 0.2) is 0 Å². The van der Waals surface area contributed by atoms with Crippen molar-refractivity contribution in [2.24, 2.45) is 5.92 Å². The van der Waals surface area contributed by atoms with E-state index < -0.39 is 0 Å². The minimum Gasteiger partial charge on any atom is -0.483 e. The third-order valence-corrected chi connectivity index (χ3v) is 1.53. The number of nitrogens with one attached hydrogen (secondary N) is 1. The first kappa shape index (κ1) is 14.3. The molecule has 0 saturated carbocycles. The molecule has 0 aromatic heterocycles. The van der Waals surface area contributed by atoms with Crippen molar-refractivity contribution in [1.29, 1.82) is 0 Å². The lowest BCUT2D eigenvalue weighted by molar-refractivity contribution is -0.122. The summed E-state index contributed by atoms with van der Waals surface area (Å²) in [5, 5.41) is 9.56. The molecule has 0 saturated heterocycles. The molecule has 0 aliphatic carbocycles. The second-order valence-electron chi connectivity index (χ2n) is 2.77. The van der Waals surface area contributed by atoms with Gasteiger partial charge in [-0.3, -0.25) is 4.79 Å². The predicted molar refractivity (Wildman–Crippen MR) is 48.5 cm³/mol. The van der Waals surface area contributed by atoms with Crippen molar-refractivity contribution in [3.8, 4) is 0 Å². The van der Waals surface area contributed by atoms with Gasteiger partial charge in [0.1, 0.15) is 0 Å². The molecule has 1 amide bonds. The fourth-order valence-electron chi connectivity index (χ4n) is 0.411. The van der Waals surface area contributed by atoms with E-state index in [9.17, 15) is 4.79 Å². The van der Waals surface area contributed by atoms with Crippen molar-refractivity contribution in [2.45, 2.75) is 26.8 Å². The Bertz CT molecular complexity index is 147. The second-order valence-corrected chi connectivity index (χ2v) is 2.77. The number of hydrogen-bond donors (Lipinski definition) is 2. The Morgan fingerprint density at radius 1 is 1.46 bits per heavy atom. The molecular weight excluding hydrogens is 174 g/mol. The molecule has 0 aromatic carbocycles. The minimum atomic E-state index is -0.360. The van der Waals surface area contributed by atoms with Crippen LogP contribution in [0.25, 0.3) is 0 Å². The van der Waals surface area contributed by atoms with Crippen molar-refractivity contribution in [3.63, 3.8) is 0 Å². The van der Waals surface area contributed by atoms with Crippen LogP contribution in [0.1, 0.15) is 20.8 Å². The van der Waals surface area contributed by atoms with Crippen molar-refractivity contribution < 1.29 is 19.4 Å². The van der Waals surface area contributed by atoms with Gasteiger partial charge < -0.3 is 15.2 Å². The summed E-state index contributed by atoms with van der Waals surface area (Å²) in [4.78, 5) is 19.0. The number of ether oxygens (including phenoxy) is 1. The minimum absolute atomic E-state index is 0.174. The van der Waals surface area contributed by atoms with E-state index in [1.54, 1.807) is 0 Å². The summed E-state index contributed by atoms with van der Waals surface area (Å²) >= 11 is 0. The average Bonchev–Trinajstić information content (AvgIpc) is 2.05. The molecule has 0 aliphatic heterocycles. The van der Waals surface area contributed by atoms with E-state index in [0.29, 0.717) is 5.92 Å². The molecule has 0 heterocycles. The summed E-state index contributed by atoms with van der Waals surface area (Å²) in [7, 11) is 1.36. The monoisotopic (exact) mass is 191 g/mol. The zero-order chi connectivity index (χ0) is 10.9. The third-order valence-electron chi connectivity index (χ3n) is 1.53. The Kier molecular flexibility index (Phi) is 9.70. The smallest absolute Gasteiger partial charge is 0.407 e. The van der Waals surface area contributed by atoms with E-state index in [2.05, 4.69) is 10.1 Å².